The molecule has 1 N–H and O–H groups in total. The van der Waals surface area contributed by atoms with E-state index in [4.69, 9.17) is 25.5 Å². The quantitative estimate of drug-likeness (QED) is 0.0530. The molecule has 5 aromatic rings. The van der Waals surface area contributed by atoms with Crippen molar-refractivity contribution >= 4 is 63.3 Å². The predicted octanol–water partition coefficient (Wildman–Crippen LogP) is 7.12. The van der Waals surface area contributed by atoms with Crippen molar-refractivity contribution in [3.63, 3.8) is 0 Å². The van der Waals surface area contributed by atoms with Crippen molar-refractivity contribution in [2.45, 2.75) is 39.9 Å². The number of carbonyl (C=O) groups is 2. The third-order valence-corrected chi connectivity index (χ3v) is 11.8. The van der Waals surface area contributed by atoms with Gasteiger partial charge in [-0.05, 0) is 82.3 Å². The minimum atomic E-state index is -3.11. The minimum absolute atomic E-state index is 0.0218. The van der Waals surface area contributed by atoms with Crippen LogP contribution in [0.3, 0.4) is 0 Å². The van der Waals surface area contributed by atoms with Crippen LogP contribution >= 0.6 is 18.9 Å². The number of ether oxygens (including phenoxy) is 2. The molecule has 238 valence electrons. The largest absolute Gasteiger partial charge is 0.763 e. The van der Waals surface area contributed by atoms with E-state index in [1.54, 1.807) is 13.8 Å². The van der Waals surface area contributed by atoms with Crippen LogP contribution in [0.15, 0.2) is 114 Å². The van der Waals surface area contributed by atoms with Crippen LogP contribution in [0.25, 0.3) is 11.0 Å². The van der Waals surface area contributed by atoms with Gasteiger partial charge in [-0.2, -0.15) is 0 Å². The van der Waals surface area contributed by atoms with E-state index in [1.165, 1.54) is 18.2 Å². The molecule has 0 atom stereocenters. The number of rotatable bonds is 11. The van der Waals surface area contributed by atoms with Crippen LogP contribution < -0.4 is 26.0 Å². The molecule has 0 aliphatic rings. The van der Waals surface area contributed by atoms with E-state index in [-0.39, 0.29) is 33.6 Å². The molecule has 4 aromatic carbocycles. The Balaban J connectivity index is 1.99. The molecule has 0 aliphatic carbocycles. The summed E-state index contributed by atoms with van der Waals surface area (Å²) in [5.41, 5.74) is -0.854. The highest BCUT2D eigenvalue weighted by atomic mass is 35.5. The molecule has 0 bridgehead atoms. The first-order valence-corrected chi connectivity index (χ1v) is 17.2. The van der Waals surface area contributed by atoms with Crippen LogP contribution in [0.4, 0.5) is 0 Å². The van der Waals surface area contributed by atoms with E-state index in [0.717, 1.165) is 15.9 Å². The third-order valence-electron chi connectivity index (χ3n) is 7.28. The number of hydrogen-bond acceptors (Lipinski definition) is 6. The number of phenolic OH excluding ortho intramolecular Hbond substituents is 1. The zero-order chi connectivity index (χ0) is 33.7. The highest BCUT2D eigenvalue weighted by Gasteiger charge is 2.56. The number of nitrogens with zero attached hydrogens (tertiary/aromatic N) is 1. The third kappa shape index (κ3) is 6.52. The fourth-order valence-electron chi connectivity index (χ4n) is 5.46. The molecule has 1 heterocycles. The summed E-state index contributed by atoms with van der Waals surface area (Å²) >= 11 is 6.18. The summed E-state index contributed by atoms with van der Waals surface area (Å²) in [6, 6.07) is 33.1. The van der Waals surface area contributed by atoms with Crippen LogP contribution in [0.5, 0.6) is 11.7 Å². The van der Waals surface area contributed by atoms with Gasteiger partial charge in [-0.25, -0.2) is 4.79 Å². The second-order valence-electron chi connectivity index (χ2n) is 11.2. The number of Topliss-reactive ketones (excluding diaryl/α,β-unsaturated/α-hetero) is 1. The molecule has 0 saturated heterocycles. The van der Waals surface area contributed by atoms with Crippen molar-refractivity contribution in [1.82, 2.24) is 0 Å². The average Bonchev–Trinajstić information content (AvgIpc) is 3.42. The number of benzene rings is 4. The Morgan fingerprint density at radius 3 is 1.77 bits per heavy atom. The zero-order valence-corrected chi connectivity index (χ0v) is 28.0. The van der Waals surface area contributed by atoms with Crippen LogP contribution in [0.2, 0.25) is 5.02 Å². The maximum atomic E-state index is 14.4. The lowest BCUT2D eigenvalue weighted by Crippen LogP contribution is -2.41. The van der Waals surface area contributed by atoms with Gasteiger partial charge in [0.15, 0.2) is 18.6 Å². The molecule has 47 heavy (non-hydrogen) atoms. The fraction of sp³-hybridized carbons (Fsp3) is 0.158. The highest BCUT2D eigenvalue weighted by molar-refractivity contribution is 8.01. The fourth-order valence-corrected chi connectivity index (χ4v) is 10.1. The van der Waals surface area contributed by atoms with Gasteiger partial charge in [-0.3, -0.25) is 10.7 Å². The number of hydrogen-bond donors (Lipinski definition) is 1. The standard InChI is InChI=1S/C38H33ClNO6P/c1-24(2)44-37(43)33-35(31(23-40)34(42)30-22-26(39)20-21-32(30)41)46-38(45-25(3)4)36(33)47(27-14-8-5-9-15-27,28-16-10-6-11-17-28)29-18-12-7-13-19-29/h5-22,24-25,41H,1-4H3. The first-order chi connectivity index (χ1) is 22.6. The molecule has 0 aliphatic heterocycles. The molecule has 7 nitrogen and oxygen atoms in total. The monoisotopic (exact) mass is 665 g/mol. The SMILES string of the molecule is CC(C)OC(=O)c1c(C(=C=[N-])C(=O)c2cc(Cl)ccc2O)oc(OC(C)C)c1[P+](c1ccccc1)(c1ccccc1)c1ccccc1. The molecule has 0 unspecified atom stereocenters. The predicted molar refractivity (Wildman–Crippen MR) is 189 cm³/mol. The summed E-state index contributed by atoms with van der Waals surface area (Å²) in [5, 5.41) is 24.3. The van der Waals surface area contributed by atoms with Crippen molar-refractivity contribution in [2.75, 3.05) is 0 Å². The van der Waals surface area contributed by atoms with Gasteiger partial charge in [0, 0.05) is 5.02 Å². The van der Waals surface area contributed by atoms with E-state index >= 15 is 0 Å². The normalized spacial score (nSPS) is 11.3. The Morgan fingerprint density at radius 1 is 0.809 bits per heavy atom. The first-order valence-electron chi connectivity index (χ1n) is 15.0. The Kier molecular flexibility index (Phi) is 10.1. The second-order valence-corrected chi connectivity index (χ2v) is 15.0. The molecule has 9 heteroatoms. The Morgan fingerprint density at radius 2 is 1.32 bits per heavy atom. The van der Waals surface area contributed by atoms with Crippen molar-refractivity contribution in [3.05, 3.63) is 137 Å². The summed E-state index contributed by atoms with van der Waals surface area (Å²) in [4.78, 5) is 28.4. The molecular formula is C38H33ClNO6P. The molecular weight excluding hydrogens is 633 g/mol. The molecule has 5 rings (SSSR count). The van der Waals surface area contributed by atoms with E-state index in [2.05, 4.69) is 0 Å². The molecule has 0 spiro atoms. The smallest absolute Gasteiger partial charge is 0.346 e. The number of phenols is 1. The van der Waals surface area contributed by atoms with E-state index < -0.39 is 36.8 Å². The van der Waals surface area contributed by atoms with E-state index in [1.807, 2.05) is 111 Å². The number of halogens is 1. The molecule has 0 amide bonds. The Labute approximate surface area is 279 Å². The number of ketones is 1. The molecule has 0 saturated carbocycles. The number of aromatic hydroxyl groups is 1. The summed E-state index contributed by atoms with van der Waals surface area (Å²) in [6.45, 7) is 7.05. The Bertz CT molecular complexity index is 1850. The van der Waals surface area contributed by atoms with Gasteiger partial charge in [-0.15, -0.1) is 0 Å². The van der Waals surface area contributed by atoms with Crippen LogP contribution in [0.1, 0.15) is 54.2 Å². The number of carbonyl (C=O) groups excluding carboxylic acids is 2. The summed E-state index contributed by atoms with van der Waals surface area (Å²) in [5.74, 6) is -0.461. The van der Waals surface area contributed by atoms with Crippen molar-refractivity contribution < 1.29 is 28.6 Å². The molecule has 0 fully saturated rings. The minimum Gasteiger partial charge on any atom is -0.763 e. The first kappa shape index (κ1) is 33.4. The maximum Gasteiger partial charge on any atom is 0.346 e. The average molecular weight is 666 g/mol. The van der Waals surface area contributed by atoms with Gasteiger partial charge < -0.3 is 24.4 Å². The van der Waals surface area contributed by atoms with Crippen LogP contribution in [-0.2, 0) is 4.74 Å². The van der Waals surface area contributed by atoms with Gasteiger partial charge in [0.05, 0.1) is 23.3 Å². The maximum absolute atomic E-state index is 14.4. The van der Waals surface area contributed by atoms with Crippen molar-refractivity contribution in [1.29, 1.82) is 0 Å². The second kappa shape index (κ2) is 14.2. The van der Waals surface area contributed by atoms with E-state index in [0.29, 0.717) is 5.30 Å². The molecule has 0 radical (unpaired) electrons. The number of furan rings is 1. The van der Waals surface area contributed by atoms with Crippen LogP contribution in [0, 0.1) is 0 Å². The topological polar surface area (TPSA) is 108 Å². The summed E-state index contributed by atoms with van der Waals surface area (Å²) in [6.07, 6.45) is -0.979. The van der Waals surface area contributed by atoms with Crippen molar-refractivity contribution in [3.8, 4) is 11.7 Å². The van der Waals surface area contributed by atoms with Crippen LogP contribution in [-0.4, -0.2) is 34.9 Å². The molecule has 1 aromatic heterocycles. The summed E-state index contributed by atoms with van der Waals surface area (Å²) in [7, 11) is -3.11. The van der Waals surface area contributed by atoms with Gasteiger partial charge in [0.1, 0.15) is 21.7 Å². The van der Waals surface area contributed by atoms with E-state index in [9.17, 15) is 20.1 Å². The zero-order valence-electron chi connectivity index (χ0n) is 26.3. The highest BCUT2D eigenvalue weighted by Crippen LogP contribution is 2.58. The lowest BCUT2D eigenvalue weighted by molar-refractivity contribution is 0.0378. The van der Waals surface area contributed by atoms with Gasteiger partial charge >= 0.3 is 11.9 Å². The lowest BCUT2D eigenvalue weighted by atomic mass is 9.99. The van der Waals surface area contributed by atoms with Crippen molar-refractivity contribution in [2.24, 2.45) is 0 Å². The Hall–Kier alpha value is -4.93. The lowest BCUT2D eigenvalue weighted by Gasteiger charge is -2.28. The summed E-state index contributed by atoms with van der Waals surface area (Å²) < 4.78 is 18.6. The number of esters is 1. The van der Waals surface area contributed by atoms with Gasteiger partial charge in [-0.1, -0.05) is 66.2 Å². The van der Waals surface area contributed by atoms with Gasteiger partial charge in [0.2, 0.25) is 11.1 Å². The number of allylic oxidation sites excluding steroid dienone is 1. The van der Waals surface area contributed by atoms with Gasteiger partial charge in [0.25, 0.3) is 0 Å².